The molecule has 1 atom stereocenters. The molecule has 0 radical (unpaired) electrons. The van der Waals surface area contributed by atoms with Crippen LogP contribution < -0.4 is 4.31 Å². The van der Waals surface area contributed by atoms with Crippen LogP contribution in [-0.4, -0.2) is 76.6 Å². The van der Waals surface area contributed by atoms with Crippen molar-refractivity contribution < 1.29 is 22.3 Å². The normalized spacial score (nSPS) is 19.6. The van der Waals surface area contributed by atoms with Crippen molar-refractivity contribution >= 4 is 33.2 Å². The van der Waals surface area contributed by atoms with Gasteiger partial charge < -0.3 is 9.64 Å². The average molecular weight is 496 g/mol. The second kappa shape index (κ2) is 9.97. The molecule has 0 bridgehead atoms. The molecule has 0 aliphatic carbocycles. The first kappa shape index (κ1) is 23.9. The van der Waals surface area contributed by atoms with Gasteiger partial charge in [0.25, 0.3) is 15.9 Å². The van der Waals surface area contributed by atoms with Gasteiger partial charge in [0.05, 0.1) is 27.3 Å². The molecular formula is C23H27ClFN3O4S. The zero-order chi connectivity index (χ0) is 23.6. The number of ether oxygens (including phenoxy) is 1. The number of piperazine rings is 1. The number of anilines is 1. The lowest BCUT2D eigenvalue weighted by Gasteiger charge is -2.36. The van der Waals surface area contributed by atoms with E-state index in [1.807, 2.05) is 0 Å². The summed E-state index contributed by atoms with van der Waals surface area (Å²) in [5.74, 6) is -0.752. The summed E-state index contributed by atoms with van der Waals surface area (Å²) in [4.78, 5) is 17.1. The topological polar surface area (TPSA) is 70.2 Å². The van der Waals surface area contributed by atoms with Crippen LogP contribution in [0.5, 0.6) is 0 Å². The van der Waals surface area contributed by atoms with Gasteiger partial charge in [-0.05, 0) is 55.3 Å². The van der Waals surface area contributed by atoms with Gasteiger partial charge in [-0.25, -0.2) is 12.8 Å². The fourth-order valence-corrected chi connectivity index (χ4v) is 5.58. The zero-order valence-electron chi connectivity index (χ0n) is 18.4. The van der Waals surface area contributed by atoms with E-state index in [0.717, 1.165) is 43.4 Å². The molecule has 0 unspecified atom stereocenters. The van der Waals surface area contributed by atoms with Crippen LogP contribution in [0.1, 0.15) is 23.2 Å². The van der Waals surface area contributed by atoms with E-state index >= 15 is 0 Å². The molecule has 1 amide bonds. The number of rotatable bonds is 6. The molecular weight excluding hydrogens is 469 g/mol. The number of sulfonamides is 1. The van der Waals surface area contributed by atoms with Crippen LogP contribution in [0.2, 0.25) is 5.02 Å². The average Bonchev–Trinajstić information content (AvgIpc) is 3.32. The van der Waals surface area contributed by atoms with Gasteiger partial charge in [-0.3, -0.25) is 14.0 Å². The van der Waals surface area contributed by atoms with Crippen molar-refractivity contribution in [3.05, 3.63) is 58.9 Å². The van der Waals surface area contributed by atoms with Gasteiger partial charge in [-0.15, -0.1) is 0 Å². The third kappa shape index (κ3) is 5.32. The van der Waals surface area contributed by atoms with Gasteiger partial charge >= 0.3 is 0 Å². The largest absolute Gasteiger partial charge is 0.377 e. The lowest BCUT2D eigenvalue weighted by molar-refractivity contribution is 0.0432. The van der Waals surface area contributed by atoms with Gasteiger partial charge in [0, 0.05) is 46.4 Å². The van der Waals surface area contributed by atoms with E-state index in [2.05, 4.69) is 4.90 Å². The summed E-state index contributed by atoms with van der Waals surface area (Å²) in [5, 5.41) is 0.199. The van der Waals surface area contributed by atoms with Crippen LogP contribution in [0.25, 0.3) is 0 Å². The fraction of sp³-hybridized carbons (Fsp3) is 0.435. The Morgan fingerprint density at radius 2 is 1.85 bits per heavy atom. The zero-order valence-corrected chi connectivity index (χ0v) is 20.0. The number of hydrogen-bond donors (Lipinski definition) is 0. The van der Waals surface area contributed by atoms with Crippen molar-refractivity contribution in [2.75, 3.05) is 50.7 Å². The molecule has 7 nitrogen and oxygen atoms in total. The number of carbonyl (C=O) groups excluding carboxylic acids is 1. The van der Waals surface area contributed by atoms with Gasteiger partial charge in [-0.2, -0.15) is 0 Å². The molecule has 0 spiro atoms. The predicted molar refractivity (Wildman–Crippen MR) is 125 cm³/mol. The Kier molecular flexibility index (Phi) is 7.23. The Morgan fingerprint density at radius 3 is 2.48 bits per heavy atom. The summed E-state index contributed by atoms with van der Waals surface area (Å²) < 4.78 is 46.2. The maximum Gasteiger partial charge on any atom is 0.264 e. The Labute approximate surface area is 198 Å². The molecule has 0 aromatic heterocycles. The molecule has 0 saturated carbocycles. The molecule has 2 aromatic carbocycles. The predicted octanol–water partition coefficient (Wildman–Crippen LogP) is 3.24. The summed E-state index contributed by atoms with van der Waals surface area (Å²) in [7, 11) is -2.59. The van der Waals surface area contributed by atoms with Crippen molar-refractivity contribution in [3.63, 3.8) is 0 Å². The monoisotopic (exact) mass is 495 g/mol. The highest BCUT2D eigenvalue weighted by molar-refractivity contribution is 7.92. The van der Waals surface area contributed by atoms with E-state index in [4.69, 9.17) is 16.3 Å². The second-order valence-corrected chi connectivity index (χ2v) is 10.7. The lowest BCUT2D eigenvalue weighted by atomic mass is 10.1. The summed E-state index contributed by atoms with van der Waals surface area (Å²) in [6.07, 6.45) is 2.43. The number of amides is 1. The molecule has 2 fully saturated rings. The summed E-state index contributed by atoms with van der Waals surface area (Å²) in [6, 6.07) is 9.25. The van der Waals surface area contributed by atoms with Crippen molar-refractivity contribution in [2.24, 2.45) is 0 Å². The summed E-state index contributed by atoms with van der Waals surface area (Å²) in [5.41, 5.74) is 0.458. The highest BCUT2D eigenvalue weighted by Gasteiger charge is 2.28. The molecule has 4 rings (SSSR count). The standard InChI is InChI=1S/C23H27ClFN3O4S/c1-26(18-6-4-17(25)5-7-18)33(30,31)20-8-9-22(24)21(15-20)23(29)28-12-10-27(11-13-28)16-19-3-2-14-32-19/h4-9,15,19H,2-3,10-14,16H2,1H3/t19-/m1/s1. The Hall–Kier alpha value is -2.20. The van der Waals surface area contributed by atoms with Crippen LogP contribution in [0, 0.1) is 5.82 Å². The number of hydrogen-bond acceptors (Lipinski definition) is 5. The molecule has 2 aliphatic rings. The highest BCUT2D eigenvalue weighted by Crippen LogP contribution is 2.27. The van der Waals surface area contributed by atoms with Crippen LogP contribution in [0.15, 0.2) is 47.4 Å². The van der Waals surface area contributed by atoms with Gasteiger partial charge in [0.1, 0.15) is 5.82 Å². The molecule has 178 valence electrons. The van der Waals surface area contributed by atoms with Crippen LogP contribution in [-0.2, 0) is 14.8 Å². The van der Waals surface area contributed by atoms with Gasteiger partial charge in [0.2, 0.25) is 0 Å². The van der Waals surface area contributed by atoms with E-state index < -0.39 is 15.8 Å². The third-order valence-electron chi connectivity index (χ3n) is 6.16. The lowest BCUT2D eigenvalue weighted by Crippen LogP contribution is -2.50. The first-order chi connectivity index (χ1) is 15.8. The van der Waals surface area contributed by atoms with Crippen molar-refractivity contribution in [3.8, 4) is 0 Å². The Bertz CT molecular complexity index is 1100. The van der Waals surface area contributed by atoms with Crippen LogP contribution in [0.4, 0.5) is 10.1 Å². The maximum atomic E-state index is 13.2. The molecule has 33 heavy (non-hydrogen) atoms. The maximum absolute atomic E-state index is 13.2. The SMILES string of the molecule is CN(c1ccc(F)cc1)S(=O)(=O)c1ccc(Cl)c(C(=O)N2CCN(C[C@H]3CCCO3)CC2)c1. The van der Waals surface area contributed by atoms with Gasteiger partial charge in [0.15, 0.2) is 0 Å². The number of halogens is 2. The minimum atomic E-state index is -3.97. The van der Waals surface area contributed by atoms with E-state index in [9.17, 15) is 17.6 Å². The van der Waals surface area contributed by atoms with E-state index in [0.29, 0.717) is 18.8 Å². The van der Waals surface area contributed by atoms with Crippen molar-refractivity contribution in [2.45, 2.75) is 23.8 Å². The molecule has 2 saturated heterocycles. The molecule has 2 aliphatic heterocycles. The third-order valence-corrected chi connectivity index (χ3v) is 8.27. The fourth-order valence-electron chi connectivity index (χ4n) is 4.16. The number of carbonyl (C=O) groups is 1. The first-order valence-corrected chi connectivity index (χ1v) is 12.7. The second-order valence-electron chi connectivity index (χ2n) is 8.32. The quantitative estimate of drug-likeness (QED) is 0.615. The summed E-state index contributed by atoms with van der Waals surface area (Å²) in [6.45, 7) is 4.22. The number of nitrogens with zero attached hydrogens (tertiary/aromatic N) is 3. The van der Waals surface area contributed by atoms with Gasteiger partial charge in [-0.1, -0.05) is 11.6 Å². The minimum absolute atomic E-state index is 0.0564. The molecule has 10 heteroatoms. The highest BCUT2D eigenvalue weighted by atomic mass is 35.5. The summed E-state index contributed by atoms with van der Waals surface area (Å²) >= 11 is 6.29. The van der Waals surface area contributed by atoms with Crippen molar-refractivity contribution in [1.82, 2.24) is 9.80 Å². The molecule has 2 aromatic rings. The first-order valence-electron chi connectivity index (χ1n) is 10.9. The van der Waals surface area contributed by atoms with Crippen LogP contribution >= 0.6 is 11.6 Å². The van der Waals surface area contributed by atoms with E-state index in [-0.39, 0.29) is 27.5 Å². The Morgan fingerprint density at radius 1 is 1.15 bits per heavy atom. The van der Waals surface area contributed by atoms with E-state index in [1.54, 1.807) is 4.90 Å². The minimum Gasteiger partial charge on any atom is -0.377 e. The van der Waals surface area contributed by atoms with Crippen molar-refractivity contribution in [1.29, 1.82) is 0 Å². The molecule has 0 N–H and O–H groups in total. The smallest absolute Gasteiger partial charge is 0.264 e. The van der Waals surface area contributed by atoms with E-state index in [1.165, 1.54) is 49.5 Å². The number of benzene rings is 2. The molecule has 2 heterocycles. The Balaban J connectivity index is 1.47. The van der Waals surface area contributed by atoms with Crippen LogP contribution in [0.3, 0.4) is 0 Å².